The highest BCUT2D eigenvalue weighted by Gasteiger charge is 2.22. The van der Waals surface area contributed by atoms with Crippen molar-refractivity contribution >= 4 is 23.2 Å². The normalized spacial score (nSPS) is 11.8. The first-order valence-corrected chi connectivity index (χ1v) is 9.62. The van der Waals surface area contributed by atoms with E-state index in [0.717, 1.165) is 23.2 Å². The molecule has 0 spiro atoms. The fourth-order valence-corrected chi connectivity index (χ4v) is 3.34. The zero-order valence-electron chi connectivity index (χ0n) is 17.3. The molecule has 0 fully saturated rings. The highest BCUT2D eigenvalue weighted by molar-refractivity contribution is 6.30. The number of amides is 1. The molecule has 1 atom stereocenters. The molecule has 0 radical (unpaired) electrons. The van der Waals surface area contributed by atoms with Crippen LogP contribution in [0, 0.1) is 20.8 Å². The van der Waals surface area contributed by atoms with Crippen LogP contribution in [-0.4, -0.2) is 37.7 Å². The third kappa shape index (κ3) is 5.14. The maximum atomic E-state index is 12.7. The lowest BCUT2D eigenvalue weighted by atomic mass is 10.1. The van der Waals surface area contributed by atoms with E-state index >= 15 is 0 Å². The molecule has 0 bridgehead atoms. The Morgan fingerprint density at radius 1 is 1.21 bits per heavy atom. The van der Waals surface area contributed by atoms with Crippen LogP contribution < -0.4 is 15.4 Å². The zero-order chi connectivity index (χ0) is 20.8. The maximum absolute atomic E-state index is 12.7. The minimum Gasteiger partial charge on any atom is -0.438 e. The standard InChI is InChI=1S/C21H28ClN3O3/c1-7-16(11-27-6)25-17-10-14(4)24-21(18(17)20(26)23-5)28-19-12(2)8-15(22)9-13(19)3/h8-10,16H,7,11H2,1-6H3,(H,23,26)(H,24,25)/t16-/m0/s1. The number of nitrogens with zero attached hydrogens (tertiary/aromatic N) is 1. The second kappa shape index (κ2) is 9.75. The van der Waals surface area contributed by atoms with Gasteiger partial charge < -0.3 is 20.1 Å². The molecule has 2 aromatic rings. The van der Waals surface area contributed by atoms with Crippen LogP contribution in [0.15, 0.2) is 18.2 Å². The Balaban J connectivity index is 2.56. The fraction of sp³-hybridized carbons (Fsp3) is 0.429. The van der Waals surface area contributed by atoms with Gasteiger partial charge in [-0.1, -0.05) is 18.5 Å². The largest absolute Gasteiger partial charge is 0.438 e. The number of pyridine rings is 1. The molecule has 0 aliphatic carbocycles. The Morgan fingerprint density at radius 2 is 1.86 bits per heavy atom. The SMILES string of the molecule is CC[C@@H](COC)Nc1cc(C)nc(Oc2c(C)cc(Cl)cc2C)c1C(=O)NC. The Bertz CT molecular complexity index is 832. The monoisotopic (exact) mass is 405 g/mol. The van der Waals surface area contributed by atoms with Crippen molar-refractivity contribution < 1.29 is 14.3 Å². The maximum Gasteiger partial charge on any atom is 0.258 e. The summed E-state index contributed by atoms with van der Waals surface area (Å²) in [6, 6.07) is 5.55. The number of anilines is 1. The van der Waals surface area contributed by atoms with Crippen LogP contribution in [0.25, 0.3) is 0 Å². The van der Waals surface area contributed by atoms with E-state index in [1.54, 1.807) is 14.2 Å². The van der Waals surface area contributed by atoms with Gasteiger partial charge in [0.25, 0.3) is 5.91 Å². The Kier molecular flexibility index (Phi) is 7.66. The average molecular weight is 406 g/mol. The van der Waals surface area contributed by atoms with Gasteiger partial charge in [-0.2, -0.15) is 0 Å². The van der Waals surface area contributed by atoms with Gasteiger partial charge >= 0.3 is 0 Å². The number of carbonyl (C=O) groups excluding carboxylic acids is 1. The smallest absolute Gasteiger partial charge is 0.258 e. The molecule has 1 heterocycles. The van der Waals surface area contributed by atoms with Crippen LogP contribution in [0.4, 0.5) is 5.69 Å². The number of halogens is 1. The van der Waals surface area contributed by atoms with Gasteiger partial charge in [-0.15, -0.1) is 0 Å². The minimum atomic E-state index is -0.276. The molecule has 0 unspecified atom stereocenters. The highest BCUT2D eigenvalue weighted by atomic mass is 35.5. The quantitative estimate of drug-likeness (QED) is 0.668. The van der Waals surface area contributed by atoms with Crippen molar-refractivity contribution in [2.45, 2.75) is 40.2 Å². The molecule has 0 aliphatic rings. The topological polar surface area (TPSA) is 72.5 Å². The summed E-state index contributed by atoms with van der Waals surface area (Å²) in [6.07, 6.45) is 0.841. The van der Waals surface area contributed by atoms with Crippen LogP contribution in [-0.2, 0) is 4.74 Å². The second-order valence-electron chi connectivity index (χ2n) is 6.75. The molecule has 0 saturated heterocycles. The summed E-state index contributed by atoms with van der Waals surface area (Å²) in [5.41, 5.74) is 3.50. The Morgan fingerprint density at radius 3 is 2.39 bits per heavy atom. The Hall–Kier alpha value is -2.31. The van der Waals surface area contributed by atoms with Gasteiger partial charge in [0.2, 0.25) is 5.88 Å². The zero-order valence-corrected chi connectivity index (χ0v) is 18.0. The predicted octanol–water partition coefficient (Wildman–Crippen LogP) is 4.65. The van der Waals surface area contributed by atoms with E-state index in [2.05, 4.69) is 22.5 Å². The van der Waals surface area contributed by atoms with E-state index in [1.165, 1.54) is 0 Å². The molecule has 1 amide bonds. The molecule has 2 rings (SSSR count). The van der Waals surface area contributed by atoms with Gasteiger partial charge in [-0.25, -0.2) is 4.98 Å². The van der Waals surface area contributed by atoms with E-state index in [9.17, 15) is 4.79 Å². The number of benzene rings is 1. The van der Waals surface area contributed by atoms with Gasteiger partial charge in [-0.3, -0.25) is 4.79 Å². The summed E-state index contributed by atoms with van der Waals surface area (Å²) in [6.45, 7) is 8.27. The molecule has 1 aromatic carbocycles. The van der Waals surface area contributed by atoms with Gasteiger partial charge in [-0.05, 0) is 56.5 Å². The van der Waals surface area contributed by atoms with Crippen LogP contribution in [0.1, 0.15) is 40.5 Å². The van der Waals surface area contributed by atoms with Gasteiger partial charge in [0, 0.05) is 30.9 Å². The van der Waals surface area contributed by atoms with Gasteiger partial charge in [0.15, 0.2) is 0 Å². The minimum absolute atomic E-state index is 0.0575. The molecule has 0 saturated carbocycles. The van der Waals surface area contributed by atoms with E-state index in [0.29, 0.717) is 28.6 Å². The van der Waals surface area contributed by atoms with Crippen molar-refractivity contribution in [2.75, 3.05) is 26.1 Å². The molecule has 2 N–H and O–H groups in total. The van der Waals surface area contributed by atoms with Crippen molar-refractivity contribution in [2.24, 2.45) is 0 Å². The third-order valence-corrected chi connectivity index (χ3v) is 4.63. The number of hydrogen-bond donors (Lipinski definition) is 2. The lowest BCUT2D eigenvalue weighted by Crippen LogP contribution is -2.27. The number of rotatable bonds is 8. The number of aromatic nitrogens is 1. The first-order valence-electron chi connectivity index (χ1n) is 9.24. The van der Waals surface area contributed by atoms with Crippen molar-refractivity contribution in [3.05, 3.63) is 45.6 Å². The number of ether oxygens (including phenoxy) is 2. The second-order valence-corrected chi connectivity index (χ2v) is 7.18. The fourth-order valence-electron chi connectivity index (χ4n) is 3.01. The molecular weight excluding hydrogens is 378 g/mol. The van der Waals surface area contributed by atoms with E-state index in [4.69, 9.17) is 21.1 Å². The number of nitrogens with one attached hydrogen (secondary N) is 2. The summed E-state index contributed by atoms with van der Waals surface area (Å²) in [5, 5.41) is 6.71. The first-order chi connectivity index (χ1) is 13.3. The molecule has 7 heteroatoms. The summed E-state index contributed by atoms with van der Waals surface area (Å²) in [5.74, 6) is 0.617. The van der Waals surface area contributed by atoms with Crippen molar-refractivity contribution in [1.82, 2.24) is 10.3 Å². The summed E-state index contributed by atoms with van der Waals surface area (Å²) >= 11 is 6.13. The molecule has 6 nitrogen and oxygen atoms in total. The number of methoxy groups -OCH3 is 1. The number of carbonyl (C=O) groups is 1. The summed E-state index contributed by atoms with van der Waals surface area (Å²) < 4.78 is 11.4. The first kappa shape index (κ1) is 22.0. The van der Waals surface area contributed by atoms with Gasteiger partial charge in [0.05, 0.1) is 12.3 Å². The number of aryl methyl sites for hydroxylation is 3. The van der Waals surface area contributed by atoms with Crippen LogP contribution in [0.5, 0.6) is 11.6 Å². The highest BCUT2D eigenvalue weighted by Crippen LogP contribution is 2.35. The lowest BCUT2D eigenvalue weighted by Gasteiger charge is -2.22. The summed E-state index contributed by atoms with van der Waals surface area (Å²) in [7, 11) is 3.24. The van der Waals surface area contributed by atoms with Crippen molar-refractivity contribution in [3.63, 3.8) is 0 Å². The van der Waals surface area contributed by atoms with Gasteiger partial charge in [0.1, 0.15) is 11.3 Å². The predicted molar refractivity (Wildman–Crippen MR) is 113 cm³/mol. The van der Waals surface area contributed by atoms with Crippen LogP contribution in [0.2, 0.25) is 5.02 Å². The summed E-state index contributed by atoms with van der Waals surface area (Å²) in [4.78, 5) is 17.2. The Labute approximate surface area is 171 Å². The van der Waals surface area contributed by atoms with Crippen LogP contribution in [0.3, 0.4) is 0 Å². The van der Waals surface area contributed by atoms with Crippen molar-refractivity contribution in [1.29, 1.82) is 0 Å². The van der Waals surface area contributed by atoms with E-state index in [1.807, 2.05) is 39.0 Å². The molecule has 28 heavy (non-hydrogen) atoms. The van der Waals surface area contributed by atoms with E-state index < -0.39 is 0 Å². The molecule has 1 aromatic heterocycles. The molecular formula is C21H28ClN3O3. The molecule has 152 valence electrons. The van der Waals surface area contributed by atoms with Crippen molar-refractivity contribution in [3.8, 4) is 11.6 Å². The van der Waals surface area contributed by atoms with Crippen LogP contribution >= 0.6 is 11.6 Å². The third-order valence-electron chi connectivity index (χ3n) is 4.41. The number of hydrogen-bond acceptors (Lipinski definition) is 5. The van der Waals surface area contributed by atoms with E-state index in [-0.39, 0.29) is 17.8 Å². The average Bonchev–Trinajstić information content (AvgIpc) is 2.63. The lowest BCUT2D eigenvalue weighted by molar-refractivity contribution is 0.0960. The molecule has 0 aliphatic heterocycles.